The van der Waals surface area contributed by atoms with Crippen LogP contribution in [-0.4, -0.2) is 35.6 Å². The van der Waals surface area contributed by atoms with Crippen molar-refractivity contribution in [1.82, 2.24) is 5.32 Å². The standard InChI is InChI=1S/C12H19NS3/c1-13-11(12-9-14-7-8-16-12)5-4-10-3-2-6-15-10/h2-3,6,11-13H,4-5,7-9H2,1H3. The van der Waals surface area contributed by atoms with Crippen LogP contribution in [0.15, 0.2) is 17.5 Å². The van der Waals surface area contributed by atoms with Gasteiger partial charge in [-0.3, -0.25) is 0 Å². The van der Waals surface area contributed by atoms with Crippen LogP contribution in [-0.2, 0) is 6.42 Å². The predicted octanol–water partition coefficient (Wildman–Crippen LogP) is 3.12. The molecule has 0 saturated carbocycles. The maximum Gasteiger partial charge on any atom is 0.0292 e. The molecule has 1 aromatic rings. The van der Waals surface area contributed by atoms with E-state index in [9.17, 15) is 0 Å². The first-order valence-electron chi connectivity index (χ1n) is 5.79. The number of thioether (sulfide) groups is 2. The highest BCUT2D eigenvalue weighted by molar-refractivity contribution is 8.06. The van der Waals surface area contributed by atoms with Crippen molar-refractivity contribution >= 4 is 34.9 Å². The van der Waals surface area contributed by atoms with Gasteiger partial charge >= 0.3 is 0 Å². The molecule has 0 bridgehead atoms. The molecule has 1 N–H and O–H groups in total. The van der Waals surface area contributed by atoms with E-state index in [1.54, 1.807) is 0 Å². The van der Waals surface area contributed by atoms with Crippen molar-refractivity contribution in [1.29, 1.82) is 0 Å². The smallest absolute Gasteiger partial charge is 0.0292 e. The molecule has 2 rings (SSSR count). The van der Waals surface area contributed by atoms with Crippen LogP contribution in [0, 0.1) is 0 Å². The Hall–Kier alpha value is 0.360. The van der Waals surface area contributed by atoms with Crippen LogP contribution in [0.25, 0.3) is 0 Å². The third kappa shape index (κ3) is 3.69. The highest BCUT2D eigenvalue weighted by atomic mass is 32.2. The first-order valence-corrected chi connectivity index (χ1v) is 8.87. The molecule has 1 fully saturated rings. The maximum atomic E-state index is 3.50. The second-order valence-corrected chi connectivity index (χ2v) is 7.53. The number of hydrogen-bond acceptors (Lipinski definition) is 4. The Morgan fingerprint density at radius 2 is 2.44 bits per heavy atom. The lowest BCUT2D eigenvalue weighted by Crippen LogP contribution is -2.39. The third-order valence-corrected chi connectivity index (χ3v) is 6.80. The second-order valence-electron chi connectivity index (χ2n) is 4.00. The topological polar surface area (TPSA) is 12.0 Å². The van der Waals surface area contributed by atoms with Crippen molar-refractivity contribution in [2.24, 2.45) is 0 Å². The van der Waals surface area contributed by atoms with Gasteiger partial charge < -0.3 is 5.32 Å². The summed E-state index contributed by atoms with van der Waals surface area (Å²) in [6, 6.07) is 5.08. The molecule has 2 heterocycles. The Bertz CT molecular complexity index is 280. The highest BCUT2D eigenvalue weighted by Gasteiger charge is 2.22. The molecule has 16 heavy (non-hydrogen) atoms. The van der Waals surface area contributed by atoms with Gasteiger partial charge in [0.15, 0.2) is 0 Å². The van der Waals surface area contributed by atoms with Gasteiger partial charge in [0.1, 0.15) is 0 Å². The molecule has 1 aromatic heterocycles. The lowest BCUT2D eigenvalue weighted by Gasteiger charge is -2.29. The fourth-order valence-electron chi connectivity index (χ4n) is 2.01. The van der Waals surface area contributed by atoms with E-state index in [-0.39, 0.29) is 0 Å². The Labute approximate surface area is 111 Å². The Kier molecular flexibility index (Phi) is 5.56. The molecule has 1 aliphatic heterocycles. The lowest BCUT2D eigenvalue weighted by atomic mass is 10.1. The van der Waals surface area contributed by atoms with E-state index in [0.717, 1.165) is 5.25 Å². The second kappa shape index (κ2) is 6.94. The van der Waals surface area contributed by atoms with Crippen LogP contribution < -0.4 is 5.32 Å². The van der Waals surface area contributed by atoms with E-state index in [2.05, 4.69) is 53.4 Å². The number of thiophene rings is 1. The molecule has 2 unspecified atom stereocenters. The van der Waals surface area contributed by atoms with Gasteiger partial charge in [-0.05, 0) is 31.3 Å². The summed E-state index contributed by atoms with van der Waals surface area (Å²) in [6.07, 6.45) is 2.50. The molecular weight excluding hydrogens is 254 g/mol. The number of hydrogen-bond donors (Lipinski definition) is 1. The molecule has 1 saturated heterocycles. The molecule has 0 radical (unpaired) electrons. The fraction of sp³-hybridized carbons (Fsp3) is 0.667. The highest BCUT2D eigenvalue weighted by Crippen LogP contribution is 2.28. The normalized spacial score (nSPS) is 23.2. The zero-order valence-corrected chi connectivity index (χ0v) is 12.1. The summed E-state index contributed by atoms with van der Waals surface area (Å²) in [5.41, 5.74) is 0. The molecule has 0 aromatic carbocycles. The number of aryl methyl sites for hydroxylation is 1. The Balaban J connectivity index is 1.80. The summed E-state index contributed by atoms with van der Waals surface area (Å²) in [6.45, 7) is 0. The zero-order chi connectivity index (χ0) is 11.2. The predicted molar refractivity (Wildman–Crippen MR) is 79.1 cm³/mol. The quantitative estimate of drug-likeness (QED) is 0.885. The van der Waals surface area contributed by atoms with Crippen molar-refractivity contribution in [3.8, 4) is 0 Å². The van der Waals surface area contributed by atoms with Gasteiger partial charge in [0.05, 0.1) is 0 Å². The number of nitrogens with one attached hydrogen (secondary N) is 1. The summed E-state index contributed by atoms with van der Waals surface area (Å²) < 4.78 is 0. The van der Waals surface area contributed by atoms with Crippen molar-refractivity contribution < 1.29 is 0 Å². The van der Waals surface area contributed by atoms with E-state index in [1.165, 1.54) is 35.0 Å². The minimum atomic E-state index is 0.680. The molecule has 1 aliphatic rings. The Morgan fingerprint density at radius 3 is 3.06 bits per heavy atom. The zero-order valence-electron chi connectivity index (χ0n) is 9.65. The van der Waals surface area contributed by atoms with E-state index in [1.807, 2.05) is 11.3 Å². The van der Waals surface area contributed by atoms with E-state index >= 15 is 0 Å². The molecule has 0 spiro atoms. The summed E-state index contributed by atoms with van der Waals surface area (Å²) in [7, 11) is 2.11. The number of rotatable bonds is 5. The fourth-order valence-corrected chi connectivity index (χ4v) is 5.70. The average Bonchev–Trinajstić information content (AvgIpc) is 2.84. The molecule has 90 valence electrons. The molecule has 0 amide bonds. The average molecular weight is 273 g/mol. The van der Waals surface area contributed by atoms with E-state index < -0.39 is 0 Å². The van der Waals surface area contributed by atoms with Gasteiger partial charge in [0.2, 0.25) is 0 Å². The third-order valence-electron chi connectivity index (χ3n) is 2.94. The summed E-state index contributed by atoms with van der Waals surface area (Å²) in [5, 5.41) is 6.49. The molecule has 4 heteroatoms. The van der Waals surface area contributed by atoms with Gasteiger partial charge in [-0.1, -0.05) is 6.07 Å². The maximum absolute atomic E-state index is 3.50. The van der Waals surface area contributed by atoms with Gasteiger partial charge in [0.25, 0.3) is 0 Å². The van der Waals surface area contributed by atoms with Crippen LogP contribution in [0.4, 0.5) is 0 Å². The van der Waals surface area contributed by atoms with Crippen molar-refractivity contribution in [3.05, 3.63) is 22.4 Å². The van der Waals surface area contributed by atoms with Crippen molar-refractivity contribution in [2.45, 2.75) is 24.1 Å². The molecule has 1 nitrogen and oxygen atoms in total. The molecular formula is C12H19NS3. The first-order chi connectivity index (χ1) is 7.90. The lowest BCUT2D eigenvalue weighted by molar-refractivity contribution is 0.523. The van der Waals surface area contributed by atoms with Crippen molar-refractivity contribution in [2.75, 3.05) is 24.3 Å². The minimum Gasteiger partial charge on any atom is -0.316 e. The SMILES string of the molecule is CNC(CCc1cccs1)C1CSCCS1. The van der Waals surface area contributed by atoms with Gasteiger partial charge in [-0.2, -0.15) is 23.5 Å². The summed E-state index contributed by atoms with van der Waals surface area (Å²) in [4.78, 5) is 1.52. The minimum absolute atomic E-state index is 0.680. The van der Waals surface area contributed by atoms with Crippen LogP contribution in [0.1, 0.15) is 11.3 Å². The van der Waals surface area contributed by atoms with Crippen LogP contribution in [0.3, 0.4) is 0 Å². The van der Waals surface area contributed by atoms with Gasteiger partial charge in [-0.25, -0.2) is 0 Å². The van der Waals surface area contributed by atoms with E-state index in [0.29, 0.717) is 6.04 Å². The first kappa shape index (κ1) is 12.8. The van der Waals surface area contributed by atoms with Crippen molar-refractivity contribution in [3.63, 3.8) is 0 Å². The van der Waals surface area contributed by atoms with Crippen LogP contribution in [0.5, 0.6) is 0 Å². The Morgan fingerprint density at radius 1 is 1.50 bits per heavy atom. The molecule has 2 atom stereocenters. The van der Waals surface area contributed by atoms with Gasteiger partial charge in [0, 0.05) is 33.4 Å². The van der Waals surface area contributed by atoms with Crippen LogP contribution in [0.2, 0.25) is 0 Å². The van der Waals surface area contributed by atoms with E-state index in [4.69, 9.17) is 0 Å². The van der Waals surface area contributed by atoms with Gasteiger partial charge in [-0.15, -0.1) is 11.3 Å². The monoisotopic (exact) mass is 273 g/mol. The van der Waals surface area contributed by atoms with Crippen LogP contribution >= 0.6 is 34.9 Å². The largest absolute Gasteiger partial charge is 0.316 e. The molecule has 0 aliphatic carbocycles. The summed E-state index contributed by atoms with van der Waals surface area (Å²) >= 11 is 6.15. The summed E-state index contributed by atoms with van der Waals surface area (Å²) in [5.74, 6) is 3.98.